The minimum Gasteiger partial charge on any atom is -0.497 e. The van der Waals surface area contributed by atoms with Gasteiger partial charge >= 0.3 is 0 Å². The molecule has 0 spiro atoms. The summed E-state index contributed by atoms with van der Waals surface area (Å²) < 4.78 is 33.9. The highest BCUT2D eigenvalue weighted by Crippen LogP contribution is 2.28. The zero-order valence-electron chi connectivity index (χ0n) is 17.8. The minimum atomic E-state index is -3.93. The average molecular weight is 473 g/mol. The third-order valence-electron chi connectivity index (χ3n) is 5.72. The maximum atomic E-state index is 13.6. The second-order valence-electron chi connectivity index (χ2n) is 7.85. The second kappa shape index (κ2) is 9.48. The number of fused-ring (bicyclic) bond motifs is 1. The van der Waals surface area contributed by atoms with Crippen LogP contribution in [0.2, 0.25) is 5.02 Å². The zero-order chi connectivity index (χ0) is 22.7. The summed E-state index contributed by atoms with van der Waals surface area (Å²) in [6.07, 6.45) is 2.08. The molecule has 1 unspecified atom stereocenters. The number of halogens is 1. The minimum absolute atomic E-state index is 0.0883. The number of amides is 1. The molecule has 0 saturated carbocycles. The van der Waals surface area contributed by atoms with Gasteiger partial charge in [-0.2, -0.15) is 4.31 Å². The third kappa shape index (κ3) is 4.75. The molecule has 1 amide bonds. The van der Waals surface area contributed by atoms with Crippen LogP contribution in [0.3, 0.4) is 0 Å². The molecule has 1 heterocycles. The lowest BCUT2D eigenvalue weighted by atomic mass is 10.1. The van der Waals surface area contributed by atoms with Gasteiger partial charge in [-0.1, -0.05) is 29.8 Å². The van der Waals surface area contributed by atoms with Crippen LogP contribution in [-0.4, -0.2) is 38.3 Å². The van der Waals surface area contributed by atoms with Crippen molar-refractivity contribution in [3.05, 3.63) is 71.2 Å². The van der Waals surface area contributed by atoms with E-state index in [0.29, 0.717) is 18.0 Å². The van der Waals surface area contributed by atoms with Crippen molar-refractivity contribution >= 4 is 38.3 Å². The van der Waals surface area contributed by atoms with Crippen LogP contribution < -0.4 is 10.1 Å². The van der Waals surface area contributed by atoms with Crippen LogP contribution in [0.25, 0.3) is 10.8 Å². The van der Waals surface area contributed by atoms with Gasteiger partial charge in [-0.25, -0.2) is 8.42 Å². The highest BCUT2D eigenvalue weighted by Gasteiger charge is 2.36. The lowest BCUT2D eigenvalue weighted by Crippen LogP contribution is -2.48. The Morgan fingerprint density at radius 3 is 2.50 bits per heavy atom. The summed E-state index contributed by atoms with van der Waals surface area (Å²) in [6, 6.07) is 16.8. The predicted molar refractivity (Wildman–Crippen MR) is 125 cm³/mol. The molecule has 1 atom stereocenters. The molecule has 4 rings (SSSR count). The van der Waals surface area contributed by atoms with Crippen molar-refractivity contribution < 1.29 is 17.9 Å². The van der Waals surface area contributed by atoms with Crippen molar-refractivity contribution in [1.82, 2.24) is 9.62 Å². The van der Waals surface area contributed by atoms with Crippen molar-refractivity contribution in [2.75, 3.05) is 13.7 Å². The van der Waals surface area contributed by atoms with Crippen LogP contribution in [0.5, 0.6) is 5.75 Å². The van der Waals surface area contributed by atoms with Gasteiger partial charge in [0.1, 0.15) is 11.8 Å². The highest BCUT2D eigenvalue weighted by molar-refractivity contribution is 7.89. The van der Waals surface area contributed by atoms with Gasteiger partial charge < -0.3 is 10.1 Å². The second-order valence-corrected chi connectivity index (χ2v) is 10.2. The number of methoxy groups -OCH3 is 1. The molecule has 168 valence electrons. The average Bonchev–Trinajstić information content (AvgIpc) is 3.01. The maximum absolute atomic E-state index is 13.6. The van der Waals surface area contributed by atoms with E-state index < -0.39 is 16.1 Å². The molecule has 8 heteroatoms. The van der Waals surface area contributed by atoms with Gasteiger partial charge in [-0.15, -0.1) is 0 Å². The first-order valence-corrected chi connectivity index (χ1v) is 12.3. The molecule has 3 aromatic carbocycles. The third-order valence-corrected chi connectivity index (χ3v) is 7.85. The molecule has 1 N–H and O–H groups in total. The Labute approximate surface area is 193 Å². The molecule has 6 nitrogen and oxygen atoms in total. The Balaban J connectivity index is 1.74. The maximum Gasteiger partial charge on any atom is 0.244 e. The topological polar surface area (TPSA) is 75.7 Å². The normalized spacial score (nSPS) is 17.2. The first-order chi connectivity index (χ1) is 15.4. The largest absolute Gasteiger partial charge is 0.497 e. The molecule has 1 saturated heterocycles. The number of sulfonamides is 1. The monoisotopic (exact) mass is 472 g/mol. The van der Waals surface area contributed by atoms with Gasteiger partial charge in [0.25, 0.3) is 0 Å². The van der Waals surface area contributed by atoms with E-state index in [0.717, 1.165) is 34.9 Å². The number of nitrogens with one attached hydrogen (secondary N) is 1. The summed E-state index contributed by atoms with van der Waals surface area (Å²) in [5.41, 5.74) is 0.803. The Bertz CT molecular complexity index is 1230. The van der Waals surface area contributed by atoms with Gasteiger partial charge in [0.2, 0.25) is 15.9 Å². The quantitative estimate of drug-likeness (QED) is 0.578. The van der Waals surface area contributed by atoms with Gasteiger partial charge in [0.05, 0.1) is 12.0 Å². The first-order valence-electron chi connectivity index (χ1n) is 10.5. The van der Waals surface area contributed by atoms with Crippen LogP contribution in [0, 0.1) is 0 Å². The lowest BCUT2D eigenvalue weighted by Gasteiger charge is -2.29. The predicted octanol–water partition coefficient (Wildman–Crippen LogP) is 4.36. The number of hydrogen-bond donors (Lipinski definition) is 1. The molecular formula is C24H25ClN2O4S. The zero-order valence-corrected chi connectivity index (χ0v) is 19.3. The Morgan fingerprint density at radius 1 is 1.03 bits per heavy atom. The van der Waals surface area contributed by atoms with E-state index in [1.807, 2.05) is 36.4 Å². The fraction of sp³-hybridized carbons (Fsp3) is 0.292. The van der Waals surface area contributed by atoms with Crippen LogP contribution in [0.1, 0.15) is 24.8 Å². The van der Waals surface area contributed by atoms with Crippen molar-refractivity contribution in [2.24, 2.45) is 0 Å². The fourth-order valence-corrected chi connectivity index (χ4v) is 5.71. The van der Waals surface area contributed by atoms with Crippen molar-refractivity contribution in [3.63, 3.8) is 0 Å². The number of ether oxygens (including phenoxy) is 1. The van der Waals surface area contributed by atoms with Gasteiger partial charge in [0.15, 0.2) is 0 Å². The number of nitrogens with zero attached hydrogens (tertiary/aromatic N) is 1. The van der Waals surface area contributed by atoms with E-state index in [4.69, 9.17) is 16.3 Å². The number of hydrogen-bond acceptors (Lipinski definition) is 4. The molecular weight excluding hydrogens is 448 g/mol. The lowest BCUT2D eigenvalue weighted by molar-refractivity contribution is -0.124. The Hall–Kier alpha value is -2.61. The Morgan fingerprint density at radius 2 is 1.75 bits per heavy atom. The van der Waals surface area contributed by atoms with Crippen LogP contribution in [0.15, 0.2) is 65.6 Å². The Kier molecular flexibility index (Phi) is 6.69. The van der Waals surface area contributed by atoms with E-state index in [9.17, 15) is 13.2 Å². The highest BCUT2D eigenvalue weighted by atomic mass is 35.5. The van der Waals surface area contributed by atoms with Crippen molar-refractivity contribution in [3.8, 4) is 5.75 Å². The summed E-state index contributed by atoms with van der Waals surface area (Å²) in [4.78, 5) is 12.9. The van der Waals surface area contributed by atoms with E-state index in [-0.39, 0.29) is 17.3 Å². The van der Waals surface area contributed by atoms with E-state index in [1.54, 1.807) is 19.2 Å². The molecule has 32 heavy (non-hydrogen) atoms. The summed E-state index contributed by atoms with van der Waals surface area (Å²) in [5.74, 6) is 0.498. The van der Waals surface area contributed by atoms with E-state index in [2.05, 4.69) is 5.32 Å². The van der Waals surface area contributed by atoms with Crippen molar-refractivity contribution in [2.45, 2.75) is 36.7 Å². The molecule has 3 aromatic rings. The SMILES string of the molecule is COc1ccc2cc(CN(C3CCCCNC3=O)S(=O)(=O)c3ccc(Cl)cc3)ccc2c1. The summed E-state index contributed by atoms with van der Waals surface area (Å²) in [5, 5.41) is 5.27. The molecule has 1 aliphatic rings. The molecule has 0 bridgehead atoms. The smallest absolute Gasteiger partial charge is 0.244 e. The van der Waals surface area contributed by atoms with Gasteiger partial charge in [0, 0.05) is 18.1 Å². The molecule has 0 aliphatic carbocycles. The number of carbonyl (C=O) groups is 1. The van der Waals surface area contributed by atoms with Crippen LogP contribution >= 0.6 is 11.6 Å². The molecule has 1 aliphatic heterocycles. The summed E-state index contributed by atoms with van der Waals surface area (Å²) in [6.45, 7) is 0.646. The summed E-state index contributed by atoms with van der Waals surface area (Å²) >= 11 is 5.96. The molecule has 0 radical (unpaired) electrons. The van der Waals surface area contributed by atoms with Gasteiger partial charge in [-0.05, 0) is 78.1 Å². The van der Waals surface area contributed by atoms with E-state index >= 15 is 0 Å². The standard InChI is InChI=1S/C24H25ClN2O4S/c1-31-21-10-7-18-14-17(5-6-19(18)15-21)16-27(23-4-2-3-13-26-24(23)28)32(29,30)22-11-8-20(25)9-12-22/h5-12,14-15,23H,2-4,13,16H2,1H3,(H,26,28). The summed E-state index contributed by atoms with van der Waals surface area (Å²) in [7, 11) is -2.32. The van der Waals surface area contributed by atoms with Gasteiger partial charge in [-0.3, -0.25) is 4.79 Å². The molecule has 1 fully saturated rings. The van der Waals surface area contributed by atoms with Crippen LogP contribution in [-0.2, 0) is 21.4 Å². The van der Waals surface area contributed by atoms with Crippen LogP contribution in [0.4, 0.5) is 0 Å². The number of rotatable bonds is 6. The van der Waals surface area contributed by atoms with E-state index in [1.165, 1.54) is 16.4 Å². The molecule has 0 aromatic heterocycles. The van der Waals surface area contributed by atoms with Crippen molar-refractivity contribution in [1.29, 1.82) is 0 Å². The number of benzene rings is 3. The fourth-order valence-electron chi connectivity index (χ4n) is 3.98. The first kappa shape index (κ1) is 22.6. The number of carbonyl (C=O) groups excluding carboxylic acids is 1.